The molecular formula is C24H26Cl2N2O2S. The number of pyridine rings is 1. The summed E-state index contributed by atoms with van der Waals surface area (Å²) >= 11 is 12.3. The molecule has 0 N–H and O–H groups in total. The fourth-order valence-electron chi connectivity index (χ4n) is 4.56. The molecule has 0 unspecified atom stereocenters. The van der Waals surface area contributed by atoms with Crippen LogP contribution in [0.3, 0.4) is 0 Å². The molecule has 0 amide bonds. The van der Waals surface area contributed by atoms with Crippen LogP contribution in [0.4, 0.5) is 5.69 Å². The summed E-state index contributed by atoms with van der Waals surface area (Å²) in [7, 11) is -3.79. The SMILES string of the molecule is CCC1(CC)CCN(c2c(S(=O)(=O)c3ccc(Cl)cc3)cnc3ccc(Cl)cc23)CC1. The smallest absolute Gasteiger partial charge is 0.210 e. The summed E-state index contributed by atoms with van der Waals surface area (Å²) in [4.78, 5) is 7.08. The highest BCUT2D eigenvalue weighted by molar-refractivity contribution is 7.91. The fourth-order valence-corrected chi connectivity index (χ4v) is 6.29. The van der Waals surface area contributed by atoms with Gasteiger partial charge in [-0.25, -0.2) is 8.42 Å². The highest BCUT2D eigenvalue weighted by atomic mass is 35.5. The Morgan fingerprint density at radius 2 is 1.58 bits per heavy atom. The monoisotopic (exact) mass is 476 g/mol. The molecule has 31 heavy (non-hydrogen) atoms. The second-order valence-corrected chi connectivity index (χ2v) is 11.1. The molecule has 3 aromatic rings. The number of aromatic nitrogens is 1. The third kappa shape index (κ3) is 4.15. The Morgan fingerprint density at radius 3 is 2.19 bits per heavy atom. The van der Waals surface area contributed by atoms with E-state index in [1.165, 1.54) is 6.20 Å². The van der Waals surface area contributed by atoms with E-state index in [0.717, 1.165) is 49.7 Å². The van der Waals surface area contributed by atoms with Gasteiger partial charge in [0.15, 0.2) is 0 Å². The van der Waals surface area contributed by atoms with Gasteiger partial charge in [0.05, 0.1) is 16.1 Å². The molecule has 164 valence electrons. The number of benzene rings is 2. The Balaban J connectivity index is 1.88. The minimum Gasteiger partial charge on any atom is -0.370 e. The molecule has 2 heterocycles. The number of halogens is 2. The van der Waals surface area contributed by atoms with Gasteiger partial charge in [0.25, 0.3) is 0 Å². The van der Waals surface area contributed by atoms with Crippen LogP contribution in [0.5, 0.6) is 0 Å². The second-order valence-electron chi connectivity index (χ2n) is 8.28. The molecule has 1 aliphatic heterocycles. The molecular weight excluding hydrogens is 451 g/mol. The average Bonchev–Trinajstić information content (AvgIpc) is 2.78. The van der Waals surface area contributed by atoms with Crippen molar-refractivity contribution in [2.24, 2.45) is 5.41 Å². The van der Waals surface area contributed by atoms with Crippen LogP contribution in [0.15, 0.2) is 58.5 Å². The first-order valence-corrected chi connectivity index (χ1v) is 12.9. The van der Waals surface area contributed by atoms with E-state index in [1.807, 2.05) is 12.1 Å². The summed E-state index contributed by atoms with van der Waals surface area (Å²) in [6, 6.07) is 11.7. The zero-order chi connectivity index (χ0) is 22.2. The van der Waals surface area contributed by atoms with E-state index in [1.54, 1.807) is 30.3 Å². The van der Waals surface area contributed by atoms with Crippen LogP contribution in [0.25, 0.3) is 10.9 Å². The van der Waals surface area contributed by atoms with Gasteiger partial charge in [-0.1, -0.05) is 49.9 Å². The standard InChI is InChI=1S/C24H26Cl2N2O2S/c1-3-24(4-2)11-13-28(14-12-24)23-20-15-18(26)7-10-21(20)27-16-22(23)31(29,30)19-8-5-17(25)6-9-19/h5-10,15-16H,3-4,11-14H2,1-2H3. The summed E-state index contributed by atoms with van der Waals surface area (Å²) < 4.78 is 27.3. The Morgan fingerprint density at radius 1 is 0.968 bits per heavy atom. The van der Waals surface area contributed by atoms with Gasteiger partial charge < -0.3 is 4.90 Å². The topological polar surface area (TPSA) is 50.3 Å². The van der Waals surface area contributed by atoms with E-state index < -0.39 is 9.84 Å². The number of fused-ring (bicyclic) bond motifs is 1. The molecule has 0 radical (unpaired) electrons. The first-order valence-electron chi connectivity index (χ1n) is 10.6. The van der Waals surface area contributed by atoms with E-state index >= 15 is 0 Å². The average molecular weight is 477 g/mol. The Kier molecular flexibility index (Phi) is 6.21. The van der Waals surface area contributed by atoms with Gasteiger partial charge in [0.2, 0.25) is 9.84 Å². The van der Waals surface area contributed by atoms with Crippen LogP contribution in [0.1, 0.15) is 39.5 Å². The molecule has 7 heteroatoms. The molecule has 0 atom stereocenters. The maximum atomic E-state index is 13.6. The number of nitrogens with zero attached hydrogens (tertiary/aromatic N) is 2. The second kappa shape index (κ2) is 8.61. The first-order chi connectivity index (χ1) is 14.8. The molecule has 1 aliphatic rings. The molecule has 0 saturated carbocycles. The van der Waals surface area contributed by atoms with Crippen molar-refractivity contribution in [3.63, 3.8) is 0 Å². The lowest BCUT2D eigenvalue weighted by molar-refractivity contribution is 0.199. The number of anilines is 1. The van der Waals surface area contributed by atoms with Gasteiger partial charge in [-0.2, -0.15) is 0 Å². The van der Waals surface area contributed by atoms with Crippen molar-refractivity contribution >= 4 is 49.6 Å². The number of sulfone groups is 1. The maximum Gasteiger partial charge on any atom is 0.210 e. The summed E-state index contributed by atoms with van der Waals surface area (Å²) in [5, 5.41) is 1.82. The Hall–Kier alpha value is -1.82. The van der Waals surface area contributed by atoms with Gasteiger partial charge in [0, 0.05) is 34.7 Å². The summed E-state index contributed by atoms with van der Waals surface area (Å²) in [6.45, 7) is 6.10. The molecule has 4 rings (SSSR count). The van der Waals surface area contributed by atoms with Crippen LogP contribution in [0, 0.1) is 5.41 Å². The predicted molar refractivity (Wildman–Crippen MR) is 128 cm³/mol. The van der Waals surface area contributed by atoms with Crippen LogP contribution in [-0.4, -0.2) is 26.5 Å². The molecule has 0 aliphatic carbocycles. The third-order valence-corrected chi connectivity index (χ3v) is 9.08. The van der Waals surface area contributed by atoms with Crippen LogP contribution >= 0.6 is 23.2 Å². The first kappa shape index (κ1) is 22.4. The normalized spacial score (nSPS) is 16.6. The molecule has 0 spiro atoms. The van der Waals surface area contributed by atoms with E-state index in [9.17, 15) is 8.42 Å². The number of rotatable bonds is 5. The zero-order valence-corrected chi connectivity index (χ0v) is 20.1. The highest BCUT2D eigenvalue weighted by Gasteiger charge is 2.34. The molecule has 1 saturated heterocycles. The quantitative estimate of drug-likeness (QED) is 0.406. The number of piperidine rings is 1. The van der Waals surface area contributed by atoms with E-state index in [0.29, 0.717) is 21.1 Å². The number of hydrogen-bond donors (Lipinski definition) is 0. The lowest BCUT2D eigenvalue weighted by Gasteiger charge is -2.42. The van der Waals surface area contributed by atoms with Crippen LogP contribution in [0.2, 0.25) is 10.0 Å². The van der Waals surface area contributed by atoms with Crippen molar-refractivity contribution in [1.29, 1.82) is 0 Å². The summed E-state index contributed by atoms with van der Waals surface area (Å²) in [5.74, 6) is 0. The van der Waals surface area contributed by atoms with E-state index in [4.69, 9.17) is 23.2 Å². The van der Waals surface area contributed by atoms with Gasteiger partial charge >= 0.3 is 0 Å². The van der Waals surface area contributed by atoms with Crippen molar-refractivity contribution in [1.82, 2.24) is 4.98 Å². The lowest BCUT2D eigenvalue weighted by atomic mass is 9.74. The molecule has 4 nitrogen and oxygen atoms in total. The van der Waals surface area contributed by atoms with E-state index in [-0.39, 0.29) is 9.79 Å². The number of hydrogen-bond acceptors (Lipinski definition) is 4. The predicted octanol–water partition coefficient (Wildman–Crippen LogP) is 6.78. The van der Waals surface area contributed by atoms with Crippen LogP contribution in [-0.2, 0) is 9.84 Å². The van der Waals surface area contributed by atoms with Crippen molar-refractivity contribution < 1.29 is 8.42 Å². The Bertz CT molecular complexity index is 1200. The summed E-state index contributed by atoms with van der Waals surface area (Å²) in [6.07, 6.45) is 5.82. The minimum atomic E-state index is -3.79. The zero-order valence-electron chi connectivity index (χ0n) is 17.7. The molecule has 2 aromatic carbocycles. The van der Waals surface area contributed by atoms with E-state index in [2.05, 4.69) is 23.7 Å². The highest BCUT2D eigenvalue weighted by Crippen LogP contribution is 2.43. The van der Waals surface area contributed by atoms with Gasteiger partial charge in [0.1, 0.15) is 4.90 Å². The van der Waals surface area contributed by atoms with Crippen LogP contribution < -0.4 is 4.90 Å². The molecule has 0 bridgehead atoms. The van der Waals surface area contributed by atoms with Gasteiger partial charge in [-0.15, -0.1) is 0 Å². The van der Waals surface area contributed by atoms with Crippen molar-refractivity contribution in [2.45, 2.75) is 49.3 Å². The van der Waals surface area contributed by atoms with Gasteiger partial charge in [-0.3, -0.25) is 4.98 Å². The maximum absolute atomic E-state index is 13.6. The molecule has 1 aromatic heterocycles. The van der Waals surface area contributed by atoms with Gasteiger partial charge in [-0.05, 0) is 60.7 Å². The largest absolute Gasteiger partial charge is 0.370 e. The van der Waals surface area contributed by atoms with Crippen molar-refractivity contribution in [3.05, 3.63) is 58.7 Å². The molecule has 1 fully saturated rings. The lowest BCUT2D eigenvalue weighted by Crippen LogP contribution is -2.40. The summed E-state index contributed by atoms with van der Waals surface area (Å²) in [5.41, 5.74) is 1.76. The van der Waals surface area contributed by atoms with Crippen molar-refractivity contribution in [3.8, 4) is 0 Å². The minimum absolute atomic E-state index is 0.204. The van der Waals surface area contributed by atoms with Crippen molar-refractivity contribution in [2.75, 3.05) is 18.0 Å². The fraction of sp³-hybridized carbons (Fsp3) is 0.375. The Labute approximate surface area is 194 Å². The third-order valence-electron chi connectivity index (χ3n) is 6.82.